The fourth-order valence-electron chi connectivity index (χ4n) is 1.97. The third-order valence-electron chi connectivity index (χ3n) is 3.20. The summed E-state index contributed by atoms with van der Waals surface area (Å²) in [5.41, 5.74) is 3.48. The predicted octanol–water partition coefficient (Wildman–Crippen LogP) is 3.09. The van der Waals surface area contributed by atoms with Crippen LogP contribution in [0.4, 0.5) is 10.1 Å². The van der Waals surface area contributed by atoms with Crippen molar-refractivity contribution >= 4 is 23.7 Å². The molecule has 2 amide bonds. The highest BCUT2D eigenvalue weighted by atomic mass is 19.1. The van der Waals surface area contributed by atoms with Crippen LogP contribution in [-0.4, -0.2) is 24.6 Å². The highest BCUT2D eigenvalue weighted by Crippen LogP contribution is 2.11. The van der Waals surface area contributed by atoms with Gasteiger partial charge >= 0.3 is 0 Å². The van der Waals surface area contributed by atoms with Crippen molar-refractivity contribution < 1.29 is 18.7 Å². The van der Waals surface area contributed by atoms with Crippen LogP contribution >= 0.6 is 0 Å². The molecule has 2 N–H and O–H groups in total. The van der Waals surface area contributed by atoms with Gasteiger partial charge in [-0.25, -0.2) is 9.82 Å². The van der Waals surface area contributed by atoms with Crippen molar-refractivity contribution in [2.75, 3.05) is 11.9 Å². The van der Waals surface area contributed by atoms with Crippen LogP contribution in [0, 0.1) is 5.82 Å². The van der Waals surface area contributed by atoms with Crippen LogP contribution in [0.3, 0.4) is 0 Å². The van der Waals surface area contributed by atoms with Gasteiger partial charge in [0.15, 0.2) is 0 Å². The monoisotopic (exact) mass is 357 g/mol. The maximum Gasteiger partial charge on any atom is 0.249 e. The highest BCUT2D eigenvalue weighted by Gasteiger charge is 2.08. The first-order valence-corrected chi connectivity index (χ1v) is 8.17. The number of nitrogens with zero attached hydrogens (tertiary/aromatic N) is 1. The average Bonchev–Trinajstić information content (AvgIpc) is 2.63. The molecular weight excluding hydrogens is 337 g/mol. The second-order valence-electron chi connectivity index (χ2n) is 5.44. The lowest BCUT2D eigenvalue weighted by Gasteiger charge is -2.05. The Bertz CT molecular complexity index is 759. The Morgan fingerprint density at radius 3 is 2.42 bits per heavy atom. The summed E-state index contributed by atoms with van der Waals surface area (Å²) in [6.07, 6.45) is 2.02. The Hall–Kier alpha value is -3.22. The second-order valence-corrected chi connectivity index (χ2v) is 5.44. The molecule has 136 valence electrons. The van der Waals surface area contributed by atoms with E-state index in [0.717, 1.165) is 17.7 Å². The quantitative estimate of drug-likeness (QED) is 0.433. The van der Waals surface area contributed by atoms with E-state index in [2.05, 4.69) is 15.8 Å². The van der Waals surface area contributed by atoms with Crippen molar-refractivity contribution in [2.24, 2.45) is 5.10 Å². The summed E-state index contributed by atoms with van der Waals surface area (Å²) in [6, 6.07) is 12.5. The maximum atomic E-state index is 12.8. The molecule has 6 nitrogen and oxygen atoms in total. The van der Waals surface area contributed by atoms with Gasteiger partial charge in [-0.05, 0) is 60.5 Å². The minimum absolute atomic E-state index is 0.390. The number of anilines is 1. The van der Waals surface area contributed by atoms with Crippen LogP contribution < -0.4 is 15.5 Å². The molecule has 0 aliphatic carbocycles. The third kappa shape index (κ3) is 6.72. The fourth-order valence-corrected chi connectivity index (χ4v) is 1.97. The molecule has 2 aromatic rings. The normalized spacial score (nSPS) is 10.5. The Labute approximate surface area is 151 Å². The molecule has 7 heteroatoms. The standard InChI is InChI=1S/C19H20FN3O3/c1-2-11-26-17-9-3-14(4-10-17)13-21-23-19(25)12-18(24)22-16-7-5-15(20)6-8-16/h3-10,13H,2,11-12H2,1H3,(H,22,24)(H,23,25). The molecule has 0 unspecified atom stereocenters. The Morgan fingerprint density at radius 2 is 1.77 bits per heavy atom. The van der Waals surface area contributed by atoms with Crippen LogP contribution in [0.15, 0.2) is 53.6 Å². The third-order valence-corrected chi connectivity index (χ3v) is 3.20. The van der Waals surface area contributed by atoms with Crippen molar-refractivity contribution in [1.82, 2.24) is 5.43 Å². The first-order valence-electron chi connectivity index (χ1n) is 8.17. The number of carbonyl (C=O) groups excluding carboxylic acids is 2. The van der Waals surface area contributed by atoms with Gasteiger partial charge in [0.25, 0.3) is 0 Å². The number of ether oxygens (including phenoxy) is 1. The van der Waals surface area contributed by atoms with Crippen LogP contribution in [0.1, 0.15) is 25.3 Å². The van der Waals surface area contributed by atoms with E-state index in [-0.39, 0.29) is 0 Å². The Morgan fingerprint density at radius 1 is 1.08 bits per heavy atom. The van der Waals surface area contributed by atoms with E-state index in [1.165, 1.54) is 30.5 Å². The molecular formula is C19H20FN3O3. The number of nitrogens with one attached hydrogen (secondary N) is 2. The molecule has 0 fully saturated rings. The van der Waals surface area contributed by atoms with Crippen molar-refractivity contribution in [3.05, 3.63) is 59.9 Å². The summed E-state index contributed by atoms with van der Waals surface area (Å²) >= 11 is 0. The first-order chi connectivity index (χ1) is 12.6. The van der Waals surface area contributed by atoms with E-state index >= 15 is 0 Å². The van der Waals surface area contributed by atoms with Crippen molar-refractivity contribution in [3.63, 3.8) is 0 Å². The van der Waals surface area contributed by atoms with E-state index < -0.39 is 24.1 Å². The Kier molecular flexibility index (Phi) is 7.30. The van der Waals surface area contributed by atoms with E-state index in [1.54, 1.807) is 0 Å². The van der Waals surface area contributed by atoms with Gasteiger partial charge in [0.2, 0.25) is 11.8 Å². The molecule has 0 aromatic heterocycles. The highest BCUT2D eigenvalue weighted by molar-refractivity contribution is 6.03. The second kappa shape index (κ2) is 9.93. The number of amides is 2. The largest absolute Gasteiger partial charge is 0.494 e. The number of halogens is 1. The summed E-state index contributed by atoms with van der Waals surface area (Å²) in [4.78, 5) is 23.4. The maximum absolute atomic E-state index is 12.8. The van der Waals surface area contributed by atoms with Gasteiger partial charge in [0.05, 0.1) is 12.8 Å². The summed E-state index contributed by atoms with van der Waals surface area (Å²) < 4.78 is 18.3. The number of benzene rings is 2. The zero-order valence-corrected chi connectivity index (χ0v) is 14.4. The molecule has 2 aromatic carbocycles. The lowest BCUT2D eigenvalue weighted by Crippen LogP contribution is -2.24. The predicted molar refractivity (Wildman–Crippen MR) is 97.6 cm³/mol. The summed E-state index contributed by atoms with van der Waals surface area (Å²) in [7, 11) is 0. The smallest absolute Gasteiger partial charge is 0.249 e. The van der Waals surface area contributed by atoms with E-state index in [1.807, 2.05) is 31.2 Å². The molecule has 0 spiro atoms. The van der Waals surface area contributed by atoms with Gasteiger partial charge in [-0.15, -0.1) is 0 Å². The van der Waals surface area contributed by atoms with Gasteiger partial charge < -0.3 is 10.1 Å². The zero-order valence-electron chi connectivity index (χ0n) is 14.4. The van der Waals surface area contributed by atoms with Gasteiger partial charge in [-0.1, -0.05) is 6.92 Å². The number of hydrazone groups is 1. The summed E-state index contributed by atoms with van der Waals surface area (Å²) in [6.45, 7) is 2.69. The zero-order chi connectivity index (χ0) is 18.8. The molecule has 0 aliphatic rings. The van der Waals surface area contributed by atoms with Crippen LogP contribution in [0.25, 0.3) is 0 Å². The fraction of sp³-hybridized carbons (Fsp3) is 0.211. The molecule has 26 heavy (non-hydrogen) atoms. The van der Waals surface area contributed by atoms with Gasteiger partial charge in [-0.3, -0.25) is 9.59 Å². The minimum Gasteiger partial charge on any atom is -0.494 e. The number of carbonyl (C=O) groups is 2. The lowest BCUT2D eigenvalue weighted by molar-refractivity contribution is -0.126. The van der Waals surface area contributed by atoms with Crippen LogP contribution in [0.2, 0.25) is 0 Å². The molecule has 0 radical (unpaired) electrons. The molecule has 2 rings (SSSR count). The molecule has 0 saturated heterocycles. The van der Waals surface area contributed by atoms with Crippen molar-refractivity contribution in [3.8, 4) is 5.75 Å². The number of rotatable bonds is 8. The lowest BCUT2D eigenvalue weighted by atomic mass is 10.2. The summed E-state index contributed by atoms with van der Waals surface area (Å²) in [5, 5.41) is 6.31. The van der Waals surface area contributed by atoms with Crippen molar-refractivity contribution in [1.29, 1.82) is 0 Å². The van der Waals surface area contributed by atoms with Crippen LogP contribution in [0.5, 0.6) is 5.75 Å². The summed E-state index contributed by atoms with van der Waals surface area (Å²) in [5.74, 6) is -0.698. The van der Waals surface area contributed by atoms with E-state index in [9.17, 15) is 14.0 Å². The molecule has 0 atom stereocenters. The minimum atomic E-state index is -0.552. The topological polar surface area (TPSA) is 79.8 Å². The molecule has 0 heterocycles. The van der Waals surface area contributed by atoms with Gasteiger partial charge in [-0.2, -0.15) is 5.10 Å². The molecule has 0 bridgehead atoms. The Balaban J connectivity index is 1.75. The van der Waals surface area contributed by atoms with Gasteiger partial charge in [0.1, 0.15) is 18.0 Å². The number of hydrogen-bond donors (Lipinski definition) is 2. The van der Waals surface area contributed by atoms with Gasteiger partial charge in [0, 0.05) is 5.69 Å². The van der Waals surface area contributed by atoms with Crippen molar-refractivity contribution in [2.45, 2.75) is 19.8 Å². The van der Waals surface area contributed by atoms with Crippen LogP contribution in [-0.2, 0) is 9.59 Å². The molecule has 0 aliphatic heterocycles. The van der Waals surface area contributed by atoms with E-state index in [4.69, 9.17) is 4.74 Å². The number of hydrogen-bond acceptors (Lipinski definition) is 4. The average molecular weight is 357 g/mol. The first kappa shape index (κ1) is 19.1. The molecule has 0 saturated carbocycles. The SMILES string of the molecule is CCCOc1ccc(C=NNC(=O)CC(=O)Nc2ccc(F)cc2)cc1. The van der Waals surface area contributed by atoms with E-state index in [0.29, 0.717) is 12.3 Å².